The van der Waals surface area contributed by atoms with E-state index >= 15 is 0 Å². The van der Waals surface area contributed by atoms with Crippen molar-refractivity contribution in [1.29, 1.82) is 0 Å². The molecule has 0 aliphatic rings. The molecule has 0 fully saturated rings. The van der Waals surface area contributed by atoms with E-state index in [4.69, 9.17) is 15.1 Å². The molecule has 5 rings (SSSR count). The maximum absolute atomic E-state index is 12.9. The Kier molecular flexibility index (Phi) is 8.14. The number of rotatable bonds is 10. The minimum Gasteiger partial charge on any atom is -0.353 e. The third-order valence-corrected chi connectivity index (χ3v) is 7.37. The van der Waals surface area contributed by atoms with E-state index in [2.05, 4.69) is 31.3 Å². The summed E-state index contributed by atoms with van der Waals surface area (Å²) in [7, 11) is 0. The molecule has 1 atom stereocenters. The highest BCUT2D eigenvalue weighted by Crippen LogP contribution is 2.32. The maximum atomic E-state index is 12.9. The van der Waals surface area contributed by atoms with Gasteiger partial charge in [-0.2, -0.15) is 5.10 Å². The lowest BCUT2D eigenvalue weighted by molar-refractivity contribution is -0.119. The van der Waals surface area contributed by atoms with E-state index < -0.39 is 0 Å². The molecule has 5 aromatic rings. The Bertz CT molecular complexity index is 1500. The van der Waals surface area contributed by atoms with Crippen LogP contribution in [-0.4, -0.2) is 37.5 Å². The topological polar surface area (TPSA) is 72.7 Å². The minimum atomic E-state index is -0.00270. The second-order valence-electron chi connectivity index (χ2n) is 9.25. The number of aromatic nitrogens is 4. The molecule has 1 unspecified atom stereocenters. The fourth-order valence-electron chi connectivity index (χ4n) is 4.42. The van der Waals surface area contributed by atoms with Crippen molar-refractivity contribution in [2.24, 2.45) is 0 Å². The molecule has 7 heteroatoms. The van der Waals surface area contributed by atoms with Gasteiger partial charge in [-0.05, 0) is 43.9 Å². The van der Waals surface area contributed by atoms with Crippen LogP contribution in [0, 0.1) is 0 Å². The number of nitrogens with zero attached hydrogens (tertiary/aromatic N) is 4. The number of aryl methyl sites for hydroxylation is 2. The first-order valence-electron chi connectivity index (χ1n) is 13.0. The quantitative estimate of drug-likeness (QED) is 0.173. The largest absolute Gasteiger partial charge is 0.353 e. The van der Waals surface area contributed by atoms with Gasteiger partial charge in [0.05, 0.1) is 22.5 Å². The van der Waals surface area contributed by atoms with Gasteiger partial charge in [-0.3, -0.25) is 4.79 Å². The van der Waals surface area contributed by atoms with E-state index in [1.54, 1.807) is 0 Å². The first-order chi connectivity index (χ1) is 18.6. The van der Waals surface area contributed by atoms with Gasteiger partial charge in [0.25, 0.3) is 0 Å². The molecule has 0 aliphatic carbocycles. The number of hydrogen-bond acceptors (Lipinski definition) is 5. The zero-order chi connectivity index (χ0) is 26.3. The fourth-order valence-corrected chi connectivity index (χ4v) is 5.28. The Morgan fingerprint density at radius 1 is 0.921 bits per heavy atom. The van der Waals surface area contributed by atoms with Crippen molar-refractivity contribution in [1.82, 2.24) is 25.1 Å². The van der Waals surface area contributed by atoms with E-state index in [1.165, 1.54) is 17.3 Å². The molecule has 3 aromatic carbocycles. The van der Waals surface area contributed by atoms with Gasteiger partial charge in [-0.15, -0.1) is 0 Å². The van der Waals surface area contributed by atoms with E-state index in [0.29, 0.717) is 5.82 Å². The van der Waals surface area contributed by atoms with Crippen LogP contribution in [0.4, 0.5) is 0 Å². The predicted octanol–water partition coefficient (Wildman–Crippen LogP) is 6.27. The molecule has 0 spiro atoms. The summed E-state index contributed by atoms with van der Waals surface area (Å²) in [5.41, 5.74) is 4.82. The van der Waals surface area contributed by atoms with Crippen molar-refractivity contribution in [3.05, 3.63) is 102 Å². The Balaban J connectivity index is 1.41. The maximum Gasteiger partial charge on any atom is 0.230 e. The molecule has 0 aliphatic heterocycles. The zero-order valence-electron chi connectivity index (χ0n) is 21.7. The summed E-state index contributed by atoms with van der Waals surface area (Å²) in [6.07, 6.45) is 2.56. The summed E-state index contributed by atoms with van der Waals surface area (Å²) in [6, 6.07) is 30.4. The van der Waals surface area contributed by atoms with E-state index in [0.717, 1.165) is 52.3 Å². The molecule has 2 aromatic heterocycles. The molecule has 1 N–H and O–H groups in total. The highest BCUT2D eigenvalue weighted by molar-refractivity contribution is 8.00. The van der Waals surface area contributed by atoms with Gasteiger partial charge < -0.3 is 5.32 Å². The van der Waals surface area contributed by atoms with Gasteiger partial charge in [-0.25, -0.2) is 14.6 Å². The smallest absolute Gasteiger partial charge is 0.230 e. The van der Waals surface area contributed by atoms with Crippen LogP contribution < -0.4 is 5.32 Å². The molecule has 192 valence electrons. The Morgan fingerprint density at radius 3 is 2.26 bits per heavy atom. The van der Waals surface area contributed by atoms with Crippen LogP contribution in [0.5, 0.6) is 0 Å². The van der Waals surface area contributed by atoms with E-state index in [9.17, 15) is 4.79 Å². The second-order valence-corrected chi connectivity index (χ2v) is 10.2. The lowest BCUT2D eigenvalue weighted by Crippen LogP contribution is -2.34. The molecule has 0 saturated heterocycles. The lowest BCUT2D eigenvalue weighted by Gasteiger charge is -2.14. The van der Waals surface area contributed by atoms with Crippen LogP contribution in [0.25, 0.3) is 28.1 Å². The van der Waals surface area contributed by atoms with Crippen molar-refractivity contribution >= 4 is 28.7 Å². The first-order valence-corrected chi connectivity index (χ1v) is 14.0. The van der Waals surface area contributed by atoms with Crippen LogP contribution in [0.2, 0.25) is 0 Å². The third-order valence-electron chi connectivity index (χ3n) is 6.39. The highest BCUT2D eigenvalue weighted by Gasteiger charge is 2.21. The number of carbonyl (C=O) groups excluding carboxylic acids is 1. The van der Waals surface area contributed by atoms with Crippen LogP contribution >= 0.6 is 11.8 Å². The van der Waals surface area contributed by atoms with Crippen molar-refractivity contribution in [3.63, 3.8) is 0 Å². The van der Waals surface area contributed by atoms with Gasteiger partial charge in [0.1, 0.15) is 5.03 Å². The number of nitrogens with one attached hydrogen (secondary N) is 1. The van der Waals surface area contributed by atoms with Crippen LogP contribution in [0.15, 0.2) is 96.0 Å². The Morgan fingerprint density at radius 2 is 1.58 bits per heavy atom. The Hall–Kier alpha value is -3.97. The summed E-state index contributed by atoms with van der Waals surface area (Å²) in [5.74, 6) is 0.893. The number of fused-ring (bicyclic) bond motifs is 1. The lowest BCUT2D eigenvalue weighted by atomic mass is 10.1. The number of carbonyl (C=O) groups is 1. The Labute approximate surface area is 227 Å². The summed E-state index contributed by atoms with van der Waals surface area (Å²) >= 11 is 1.44. The summed E-state index contributed by atoms with van der Waals surface area (Å²) in [5, 5.41) is 9.74. The highest BCUT2D eigenvalue weighted by atomic mass is 32.2. The molecule has 1 amide bonds. The average Bonchev–Trinajstić information content (AvgIpc) is 3.35. The molecular weight excluding hydrogens is 490 g/mol. The number of para-hydroxylation sites is 1. The predicted molar refractivity (Wildman–Crippen MR) is 155 cm³/mol. The molecule has 6 nitrogen and oxygen atoms in total. The average molecular weight is 522 g/mol. The minimum absolute atomic E-state index is 0.00270. The molecule has 0 bridgehead atoms. The number of benzene rings is 3. The third kappa shape index (κ3) is 5.94. The van der Waals surface area contributed by atoms with Crippen molar-refractivity contribution in [2.45, 2.75) is 44.2 Å². The van der Waals surface area contributed by atoms with Crippen molar-refractivity contribution in [3.8, 4) is 17.1 Å². The van der Waals surface area contributed by atoms with E-state index in [1.807, 2.05) is 83.5 Å². The molecule has 0 radical (unpaired) electrons. The van der Waals surface area contributed by atoms with Gasteiger partial charge in [0.2, 0.25) is 5.91 Å². The van der Waals surface area contributed by atoms with Crippen LogP contribution in [0.3, 0.4) is 0 Å². The molecular formula is C31H31N5OS. The fraction of sp³-hybridized carbons (Fsp3) is 0.226. The summed E-state index contributed by atoms with van der Waals surface area (Å²) < 4.78 is 1.89. The first kappa shape index (κ1) is 25.7. The molecule has 2 heterocycles. The SMILES string of the molecule is CCc1nn(-c2ccccc2)c2nc(-c3ccccc3)nc(SCC(=O)NC(C)CCc3ccccc3)c12. The molecule has 0 saturated carbocycles. The van der Waals surface area contributed by atoms with Gasteiger partial charge in [0, 0.05) is 11.6 Å². The van der Waals surface area contributed by atoms with Gasteiger partial charge in [0.15, 0.2) is 11.5 Å². The van der Waals surface area contributed by atoms with Gasteiger partial charge >= 0.3 is 0 Å². The monoisotopic (exact) mass is 521 g/mol. The number of amides is 1. The number of hydrogen-bond donors (Lipinski definition) is 1. The van der Waals surface area contributed by atoms with Gasteiger partial charge in [-0.1, -0.05) is 97.5 Å². The summed E-state index contributed by atoms with van der Waals surface area (Å²) in [4.78, 5) is 22.8. The van der Waals surface area contributed by atoms with E-state index in [-0.39, 0.29) is 17.7 Å². The standard InChI is InChI=1S/C31H31N5OS/c1-3-26-28-30(36(35-26)25-17-11-6-12-18-25)33-29(24-15-9-5-10-16-24)34-31(28)38-21-27(37)32-22(2)19-20-23-13-7-4-8-14-23/h4-18,22H,3,19-21H2,1-2H3,(H,32,37). The van der Waals surface area contributed by atoms with Crippen molar-refractivity contribution in [2.75, 3.05) is 5.75 Å². The molecule has 38 heavy (non-hydrogen) atoms. The van der Waals surface area contributed by atoms with Crippen LogP contribution in [-0.2, 0) is 17.6 Å². The van der Waals surface area contributed by atoms with Crippen LogP contribution in [0.1, 0.15) is 31.5 Å². The second kappa shape index (κ2) is 12.0. The zero-order valence-corrected chi connectivity index (χ0v) is 22.5. The summed E-state index contributed by atoms with van der Waals surface area (Å²) in [6.45, 7) is 4.14. The normalized spacial score (nSPS) is 11.9. The van der Waals surface area contributed by atoms with Crippen molar-refractivity contribution < 1.29 is 4.79 Å². The number of thioether (sulfide) groups is 1.